The van der Waals surface area contributed by atoms with Crippen LogP contribution in [0.4, 0.5) is 10.6 Å². The Hall–Kier alpha value is -3.13. The molecule has 2 atom stereocenters. The summed E-state index contributed by atoms with van der Waals surface area (Å²) in [6.45, 7) is 0.537. The van der Waals surface area contributed by atoms with Gasteiger partial charge in [-0.3, -0.25) is 0 Å². The lowest BCUT2D eigenvalue weighted by molar-refractivity contribution is -0.144. The molecule has 148 valence electrons. The lowest BCUT2D eigenvalue weighted by Gasteiger charge is -2.24. The fourth-order valence-corrected chi connectivity index (χ4v) is 3.09. The molecule has 0 unspecified atom stereocenters. The van der Waals surface area contributed by atoms with Crippen LogP contribution in [0.2, 0.25) is 0 Å². The van der Waals surface area contributed by atoms with Crippen molar-refractivity contribution in [3.8, 4) is 0 Å². The van der Waals surface area contributed by atoms with Crippen molar-refractivity contribution >= 4 is 17.9 Å². The summed E-state index contributed by atoms with van der Waals surface area (Å²) < 4.78 is 10.8. The summed E-state index contributed by atoms with van der Waals surface area (Å²) in [6.07, 6.45) is 1.41. The molecule has 0 radical (unpaired) electrons. The lowest BCUT2D eigenvalue weighted by atomic mass is 10.2. The predicted molar refractivity (Wildman–Crippen MR) is 102 cm³/mol. The van der Waals surface area contributed by atoms with Gasteiger partial charge in [-0.05, 0) is 24.1 Å². The zero-order valence-electron chi connectivity index (χ0n) is 15.4. The van der Waals surface area contributed by atoms with Crippen LogP contribution in [0.1, 0.15) is 12.0 Å². The molecule has 0 spiro atoms. The minimum Gasteiger partial charge on any atom is -0.480 e. The molecule has 1 aromatic carbocycles. The van der Waals surface area contributed by atoms with Crippen LogP contribution in [0, 0.1) is 0 Å². The van der Waals surface area contributed by atoms with Crippen molar-refractivity contribution in [2.75, 3.05) is 25.0 Å². The van der Waals surface area contributed by atoms with E-state index in [1.54, 1.807) is 11.1 Å². The Bertz CT molecular complexity index is 772. The van der Waals surface area contributed by atoms with Crippen LogP contribution in [-0.2, 0) is 20.9 Å². The number of hydrogen-bond acceptors (Lipinski definition) is 6. The number of amides is 1. The van der Waals surface area contributed by atoms with Gasteiger partial charge in [0.05, 0.1) is 18.7 Å². The molecule has 1 fully saturated rings. The molecule has 3 rings (SSSR count). The number of anilines is 1. The van der Waals surface area contributed by atoms with Crippen molar-refractivity contribution in [1.82, 2.24) is 9.88 Å². The number of carboxylic acid groups (broad SMARTS) is 1. The van der Waals surface area contributed by atoms with Crippen LogP contribution in [0.25, 0.3) is 0 Å². The van der Waals surface area contributed by atoms with E-state index in [4.69, 9.17) is 14.6 Å². The Morgan fingerprint density at radius 1 is 1.18 bits per heavy atom. The van der Waals surface area contributed by atoms with Crippen molar-refractivity contribution in [3.05, 3.63) is 60.3 Å². The van der Waals surface area contributed by atoms with Crippen molar-refractivity contribution in [2.24, 2.45) is 0 Å². The Kier molecular flexibility index (Phi) is 6.80. The van der Waals surface area contributed by atoms with Gasteiger partial charge >= 0.3 is 12.1 Å². The average molecular weight is 385 g/mol. The minimum atomic E-state index is -1.03. The van der Waals surface area contributed by atoms with Gasteiger partial charge < -0.3 is 24.8 Å². The van der Waals surface area contributed by atoms with Gasteiger partial charge in [0.25, 0.3) is 0 Å². The van der Waals surface area contributed by atoms with E-state index in [9.17, 15) is 9.59 Å². The normalized spacial score (nSPS) is 18.6. The summed E-state index contributed by atoms with van der Waals surface area (Å²) in [7, 11) is 0. The van der Waals surface area contributed by atoms with Gasteiger partial charge in [0.1, 0.15) is 19.0 Å². The van der Waals surface area contributed by atoms with Crippen molar-refractivity contribution in [2.45, 2.75) is 25.2 Å². The Labute approximate surface area is 163 Å². The number of likely N-dealkylation sites (tertiary alicyclic amines) is 1. The number of nitrogens with zero attached hydrogens (tertiary/aromatic N) is 2. The molecule has 8 nitrogen and oxygen atoms in total. The highest BCUT2D eigenvalue weighted by Crippen LogP contribution is 2.22. The lowest BCUT2D eigenvalue weighted by Crippen LogP contribution is -2.40. The van der Waals surface area contributed by atoms with E-state index >= 15 is 0 Å². The number of carbonyl (C=O) groups is 2. The van der Waals surface area contributed by atoms with Crippen LogP contribution in [0.15, 0.2) is 54.7 Å². The largest absolute Gasteiger partial charge is 0.480 e. The van der Waals surface area contributed by atoms with E-state index in [1.807, 2.05) is 48.5 Å². The van der Waals surface area contributed by atoms with Crippen molar-refractivity contribution in [1.29, 1.82) is 0 Å². The number of benzene rings is 1. The van der Waals surface area contributed by atoms with Gasteiger partial charge in [-0.1, -0.05) is 36.4 Å². The van der Waals surface area contributed by atoms with Gasteiger partial charge in [-0.2, -0.15) is 0 Å². The Morgan fingerprint density at radius 3 is 2.68 bits per heavy atom. The molecule has 2 aromatic rings. The number of carboxylic acids is 1. The molecule has 1 aliphatic heterocycles. The summed E-state index contributed by atoms with van der Waals surface area (Å²) in [5.74, 6) is -0.330. The third kappa shape index (κ3) is 5.68. The van der Waals surface area contributed by atoms with Gasteiger partial charge in [-0.25, -0.2) is 14.6 Å². The maximum atomic E-state index is 12.6. The first-order valence-electron chi connectivity index (χ1n) is 9.07. The first-order valence-corrected chi connectivity index (χ1v) is 9.07. The van der Waals surface area contributed by atoms with E-state index < -0.39 is 18.7 Å². The average Bonchev–Trinajstić information content (AvgIpc) is 3.14. The van der Waals surface area contributed by atoms with Crippen LogP contribution in [0.5, 0.6) is 0 Å². The number of carbonyl (C=O) groups excluding carboxylic acids is 1. The predicted octanol–water partition coefficient (Wildman–Crippen LogP) is 2.37. The SMILES string of the molecule is O=C(O)CO[C@@H]1C[C@@H](CNc2ccccn2)N(C(=O)OCc2ccccc2)C1. The first kappa shape index (κ1) is 19.6. The second-order valence-electron chi connectivity index (χ2n) is 6.50. The highest BCUT2D eigenvalue weighted by Gasteiger charge is 2.37. The second-order valence-corrected chi connectivity index (χ2v) is 6.50. The Balaban J connectivity index is 1.59. The van der Waals surface area contributed by atoms with E-state index in [0.717, 1.165) is 5.56 Å². The topological polar surface area (TPSA) is 101 Å². The monoisotopic (exact) mass is 385 g/mol. The van der Waals surface area contributed by atoms with Gasteiger partial charge in [0.2, 0.25) is 0 Å². The van der Waals surface area contributed by atoms with Gasteiger partial charge in [0, 0.05) is 12.7 Å². The first-order chi connectivity index (χ1) is 13.6. The molecular formula is C20H23N3O5. The molecule has 0 saturated carbocycles. The van der Waals surface area contributed by atoms with Crippen molar-refractivity contribution in [3.63, 3.8) is 0 Å². The van der Waals surface area contributed by atoms with Gasteiger partial charge in [0.15, 0.2) is 0 Å². The molecule has 2 N–H and O–H groups in total. The van der Waals surface area contributed by atoms with E-state index in [-0.39, 0.29) is 25.3 Å². The number of hydrogen-bond donors (Lipinski definition) is 2. The van der Waals surface area contributed by atoms with E-state index in [0.29, 0.717) is 18.8 Å². The highest BCUT2D eigenvalue weighted by atomic mass is 16.6. The van der Waals surface area contributed by atoms with Crippen LogP contribution < -0.4 is 5.32 Å². The van der Waals surface area contributed by atoms with Crippen LogP contribution in [-0.4, -0.2) is 58.9 Å². The second kappa shape index (κ2) is 9.70. The molecule has 2 heterocycles. The number of pyridine rings is 1. The summed E-state index contributed by atoms with van der Waals surface area (Å²) in [4.78, 5) is 29.2. The maximum Gasteiger partial charge on any atom is 0.410 e. The standard InChI is InChI=1S/C20H23N3O5/c24-19(25)14-27-17-10-16(11-22-18-8-4-5-9-21-18)23(12-17)20(26)28-13-15-6-2-1-3-7-15/h1-9,16-17H,10-14H2,(H,21,22)(H,24,25)/t16-,17+/m0/s1. The smallest absolute Gasteiger partial charge is 0.410 e. The number of aromatic nitrogens is 1. The Morgan fingerprint density at radius 2 is 1.96 bits per heavy atom. The molecule has 0 aliphatic carbocycles. The summed E-state index contributed by atoms with van der Waals surface area (Å²) in [6, 6.07) is 14.8. The number of ether oxygens (including phenoxy) is 2. The van der Waals surface area contributed by atoms with Gasteiger partial charge in [-0.15, -0.1) is 0 Å². The highest BCUT2D eigenvalue weighted by molar-refractivity contribution is 5.69. The number of nitrogens with one attached hydrogen (secondary N) is 1. The molecule has 0 bridgehead atoms. The molecule has 1 saturated heterocycles. The van der Waals surface area contributed by atoms with Crippen LogP contribution in [0.3, 0.4) is 0 Å². The summed E-state index contributed by atoms with van der Waals surface area (Å²) in [5.41, 5.74) is 0.900. The number of rotatable bonds is 8. The fraction of sp³-hybridized carbons (Fsp3) is 0.350. The minimum absolute atomic E-state index is 0.178. The molecule has 1 aromatic heterocycles. The molecule has 8 heteroatoms. The number of aliphatic carboxylic acids is 1. The third-order valence-corrected chi connectivity index (χ3v) is 4.44. The summed E-state index contributed by atoms with van der Waals surface area (Å²) in [5, 5.41) is 12.0. The maximum absolute atomic E-state index is 12.6. The van der Waals surface area contributed by atoms with Crippen LogP contribution >= 0.6 is 0 Å². The molecule has 28 heavy (non-hydrogen) atoms. The molecule has 1 amide bonds. The third-order valence-electron chi connectivity index (χ3n) is 4.44. The molecular weight excluding hydrogens is 362 g/mol. The summed E-state index contributed by atoms with van der Waals surface area (Å²) >= 11 is 0. The zero-order valence-corrected chi connectivity index (χ0v) is 15.4. The zero-order chi connectivity index (χ0) is 19.8. The molecule has 1 aliphatic rings. The van der Waals surface area contributed by atoms with E-state index in [1.165, 1.54) is 0 Å². The van der Waals surface area contributed by atoms with Crippen molar-refractivity contribution < 1.29 is 24.2 Å². The fourth-order valence-electron chi connectivity index (χ4n) is 3.09. The quantitative estimate of drug-likeness (QED) is 0.719. The van der Waals surface area contributed by atoms with E-state index in [2.05, 4.69) is 10.3 Å².